The van der Waals surface area contributed by atoms with Crippen LogP contribution in [0.3, 0.4) is 0 Å². The Hall–Kier alpha value is -2.38. The van der Waals surface area contributed by atoms with Gasteiger partial charge in [-0.25, -0.2) is 0 Å². The van der Waals surface area contributed by atoms with Crippen LogP contribution in [0, 0.1) is 22.7 Å². The van der Waals surface area contributed by atoms with E-state index in [2.05, 4.69) is 11.9 Å². The Kier molecular flexibility index (Phi) is 5.89. The van der Waals surface area contributed by atoms with Crippen LogP contribution in [0.2, 0.25) is 0 Å². The molecule has 108 valence electrons. The Bertz CT molecular complexity index is 620. The Morgan fingerprint density at radius 2 is 2.00 bits per heavy atom. The molecule has 0 bridgehead atoms. The molecule has 0 aromatic heterocycles. The number of halogens is 3. The number of anilines is 1. The number of allylic oxidation sites excluding steroid dienone is 1. The highest BCUT2D eigenvalue weighted by molar-refractivity contribution is 8.03. The summed E-state index contributed by atoms with van der Waals surface area (Å²) >= 11 is 1.11. The normalized spacial score (nSPS) is 10.1. The molecule has 0 spiro atoms. The van der Waals surface area contributed by atoms with E-state index < -0.39 is 11.7 Å². The molecule has 1 aromatic carbocycles. The lowest BCUT2D eigenvalue weighted by atomic mass is 10.2. The van der Waals surface area contributed by atoms with Gasteiger partial charge in [0.2, 0.25) is 0 Å². The summed E-state index contributed by atoms with van der Waals surface area (Å²) in [5.41, 5.74) is -0.852. The van der Waals surface area contributed by atoms with Crippen LogP contribution in [-0.2, 0) is 6.18 Å². The van der Waals surface area contributed by atoms with Crippen molar-refractivity contribution in [3.05, 3.63) is 53.1 Å². The number of hydrogen-bond donors (Lipinski definition) is 1. The van der Waals surface area contributed by atoms with Crippen LogP contribution in [0.25, 0.3) is 0 Å². The largest absolute Gasteiger partial charge is 0.416 e. The second kappa shape index (κ2) is 7.41. The van der Waals surface area contributed by atoms with Gasteiger partial charge in [0.25, 0.3) is 0 Å². The molecule has 0 heterocycles. The van der Waals surface area contributed by atoms with E-state index in [0.717, 1.165) is 23.9 Å². The monoisotopic (exact) mass is 309 g/mol. The van der Waals surface area contributed by atoms with Gasteiger partial charge in [-0.3, -0.25) is 0 Å². The first kappa shape index (κ1) is 16.7. The number of nitrogens with one attached hydrogen (secondary N) is 1. The van der Waals surface area contributed by atoms with Crippen molar-refractivity contribution in [1.82, 2.24) is 0 Å². The Balaban J connectivity index is 3.11. The zero-order valence-corrected chi connectivity index (χ0v) is 11.6. The zero-order chi connectivity index (χ0) is 15.9. The molecule has 1 aromatic rings. The van der Waals surface area contributed by atoms with Crippen LogP contribution >= 0.6 is 11.8 Å². The van der Waals surface area contributed by atoms with E-state index in [0.29, 0.717) is 5.75 Å². The van der Waals surface area contributed by atoms with E-state index >= 15 is 0 Å². The van der Waals surface area contributed by atoms with Crippen molar-refractivity contribution >= 4 is 17.4 Å². The van der Waals surface area contributed by atoms with E-state index in [-0.39, 0.29) is 16.3 Å². The van der Waals surface area contributed by atoms with Crippen LogP contribution in [-0.4, -0.2) is 5.75 Å². The average Bonchev–Trinajstić information content (AvgIpc) is 2.45. The van der Waals surface area contributed by atoms with E-state index in [1.165, 1.54) is 12.1 Å². The van der Waals surface area contributed by atoms with Gasteiger partial charge in [0.05, 0.1) is 5.56 Å². The fraction of sp³-hybridized carbons (Fsp3) is 0.143. The molecule has 0 saturated carbocycles. The maximum atomic E-state index is 12.6. The molecule has 0 atom stereocenters. The highest BCUT2D eigenvalue weighted by Crippen LogP contribution is 2.32. The molecule has 7 heteroatoms. The lowest BCUT2D eigenvalue weighted by Gasteiger charge is -2.12. The first-order valence-electron chi connectivity index (χ1n) is 5.64. The van der Waals surface area contributed by atoms with E-state index in [9.17, 15) is 13.2 Å². The highest BCUT2D eigenvalue weighted by atomic mass is 32.2. The van der Waals surface area contributed by atoms with Gasteiger partial charge in [-0.15, -0.1) is 18.3 Å². The summed E-state index contributed by atoms with van der Waals surface area (Å²) in [6.07, 6.45) is -2.89. The molecule has 1 rings (SSSR count). The number of nitrogens with zero attached hydrogens (tertiary/aromatic N) is 2. The molecule has 0 aliphatic heterocycles. The van der Waals surface area contributed by atoms with Crippen molar-refractivity contribution in [2.75, 3.05) is 11.1 Å². The van der Waals surface area contributed by atoms with Crippen LogP contribution in [0.5, 0.6) is 0 Å². The Labute approximate surface area is 124 Å². The summed E-state index contributed by atoms with van der Waals surface area (Å²) in [5.74, 6) is 0.411. The Morgan fingerprint density at radius 1 is 1.33 bits per heavy atom. The summed E-state index contributed by atoms with van der Waals surface area (Å²) in [7, 11) is 0. The summed E-state index contributed by atoms with van der Waals surface area (Å²) in [6, 6.07) is 7.95. The van der Waals surface area contributed by atoms with Crippen LogP contribution in [0.15, 0.2) is 47.5 Å². The second-order valence-electron chi connectivity index (χ2n) is 3.73. The van der Waals surface area contributed by atoms with Crippen molar-refractivity contribution in [3.8, 4) is 12.1 Å². The maximum Gasteiger partial charge on any atom is 0.416 e. The predicted molar refractivity (Wildman–Crippen MR) is 76.0 cm³/mol. The minimum Gasteiger partial charge on any atom is -0.349 e. The first-order chi connectivity index (χ1) is 9.92. The predicted octanol–water partition coefficient (Wildman–Crippen LogP) is 4.30. The summed E-state index contributed by atoms with van der Waals surface area (Å²) in [6.45, 7) is 3.51. The third kappa shape index (κ3) is 4.90. The third-order valence-corrected chi connectivity index (χ3v) is 3.24. The molecule has 0 fully saturated rings. The quantitative estimate of drug-likeness (QED) is 0.651. The van der Waals surface area contributed by atoms with Crippen LogP contribution < -0.4 is 5.32 Å². The molecule has 0 saturated heterocycles. The molecule has 0 radical (unpaired) electrons. The number of benzene rings is 1. The number of hydrogen-bond acceptors (Lipinski definition) is 4. The highest BCUT2D eigenvalue weighted by Gasteiger charge is 2.30. The van der Waals surface area contributed by atoms with Gasteiger partial charge in [0.15, 0.2) is 5.57 Å². The average molecular weight is 309 g/mol. The minimum atomic E-state index is -4.46. The fourth-order valence-corrected chi connectivity index (χ4v) is 2.05. The molecule has 1 N–H and O–H groups in total. The van der Waals surface area contributed by atoms with E-state index in [4.69, 9.17) is 10.5 Å². The maximum absolute atomic E-state index is 12.6. The second-order valence-corrected chi connectivity index (χ2v) is 4.76. The molecule has 3 nitrogen and oxygen atoms in total. The van der Waals surface area contributed by atoms with E-state index in [1.807, 2.05) is 0 Å². The summed E-state index contributed by atoms with van der Waals surface area (Å²) in [4.78, 5) is 0. The van der Waals surface area contributed by atoms with Crippen LogP contribution in [0.1, 0.15) is 5.56 Å². The SMILES string of the molecule is C=CCSC(Nc1cccc(C(F)(F)F)c1)=C(C#N)C#N. The van der Waals surface area contributed by atoms with Gasteiger partial charge in [-0.1, -0.05) is 12.1 Å². The van der Waals surface area contributed by atoms with Crippen molar-refractivity contribution in [2.45, 2.75) is 6.18 Å². The molecular weight excluding hydrogens is 299 g/mol. The molecule has 0 amide bonds. The molecule has 0 aliphatic carbocycles. The summed E-state index contributed by atoms with van der Waals surface area (Å²) < 4.78 is 37.9. The number of rotatable bonds is 5. The number of alkyl halides is 3. The van der Waals surface area contributed by atoms with Gasteiger partial charge in [-0.2, -0.15) is 23.7 Å². The molecule has 0 unspecified atom stereocenters. The van der Waals surface area contributed by atoms with Crippen molar-refractivity contribution in [3.63, 3.8) is 0 Å². The zero-order valence-electron chi connectivity index (χ0n) is 10.7. The van der Waals surface area contributed by atoms with Gasteiger partial charge >= 0.3 is 6.18 Å². The van der Waals surface area contributed by atoms with Crippen molar-refractivity contribution in [2.24, 2.45) is 0 Å². The number of nitriles is 2. The van der Waals surface area contributed by atoms with Crippen LogP contribution in [0.4, 0.5) is 18.9 Å². The van der Waals surface area contributed by atoms with Gasteiger partial charge in [-0.05, 0) is 18.2 Å². The smallest absolute Gasteiger partial charge is 0.349 e. The lowest BCUT2D eigenvalue weighted by Crippen LogP contribution is -2.06. The lowest BCUT2D eigenvalue weighted by molar-refractivity contribution is -0.137. The fourth-order valence-electron chi connectivity index (χ4n) is 1.34. The van der Waals surface area contributed by atoms with Crippen molar-refractivity contribution < 1.29 is 13.2 Å². The van der Waals surface area contributed by atoms with Gasteiger partial charge in [0, 0.05) is 11.4 Å². The topological polar surface area (TPSA) is 59.6 Å². The molecule has 21 heavy (non-hydrogen) atoms. The number of thioether (sulfide) groups is 1. The molecular formula is C14H10F3N3S. The third-order valence-electron chi connectivity index (χ3n) is 2.24. The Morgan fingerprint density at radius 3 is 2.52 bits per heavy atom. The first-order valence-corrected chi connectivity index (χ1v) is 6.63. The van der Waals surface area contributed by atoms with Gasteiger partial charge < -0.3 is 5.32 Å². The summed E-state index contributed by atoms with van der Waals surface area (Å²) in [5, 5.41) is 20.6. The van der Waals surface area contributed by atoms with Gasteiger partial charge in [0.1, 0.15) is 17.2 Å². The van der Waals surface area contributed by atoms with Crippen molar-refractivity contribution in [1.29, 1.82) is 10.5 Å². The van der Waals surface area contributed by atoms with E-state index in [1.54, 1.807) is 18.2 Å². The standard InChI is InChI=1S/C14H10F3N3S/c1-2-6-21-13(10(8-18)9-19)20-12-5-3-4-11(7-12)14(15,16)17/h2-5,7,20H,1,6H2. The molecule has 0 aliphatic rings. The minimum absolute atomic E-state index is 0.152.